The van der Waals surface area contributed by atoms with E-state index in [2.05, 4.69) is 0 Å². The Morgan fingerprint density at radius 2 is 1.95 bits per heavy atom. The van der Waals surface area contributed by atoms with Crippen LogP contribution in [0.1, 0.15) is 31.1 Å². The lowest BCUT2D eigenvalue weighted by Crippen LogP contribution is -2.58. The van der Waals surface area contributed by atoms with Crippen molar-refractivity contribution in [1.29, 1.82) is 0 Å². The summed E-state index contributed by atoms with van der Waals surface area (Å²) in [5, 5.41) is 0. The lowest BCUT2D eigenvalue weighted by molar-refractivity contribution is -0.150. The van der Waals surface area contributed by atoms with Gasteiger partial charge in [0.05, 0.1) is 19.3 Å². The molecule has 6 nitrogen and oxygen atoms in total. The van der Waals surface area contributed by atoms with E-state index in [0.29, 0.717) is 18.7 Å². The molecule has 0 aliphatic carbocycles. The highest BCUT2D eigenvalue weighted by Gasteiger charge is 2.39. The zero-order valence-electron chi connectivity index (χ0n) is 13.2. The molecule has 1 aromatic carbocycles. The quantitative estimate of drug-likeness (QED) is 0.906. The SMILES string of the molecule is CC(C)Oc1ccc(C(=O)N2CCO[C@](C)(C(N)=O)C2)cc1. The highest BCUT2D eigenvalue weighted by atomic mass is 16.5. The summed E-state index contributed by atoms with van der Waals surface area (Å²) in [5.41, 5.74) is 4.77. The number of amides is 2. The maximum Gasteiger partial charge on any atom is 0.254 e. The summed E-state index contributed by atoms with van der Waals surface area (Å²) in [6, 6.07) is 6.97. The lowest BCUT2D eigenvalue weighted by atomic mass is 10.0. The van der Waals surface area contributed by atoms with Crippen molar-refractivity contribution in [3.05, 3.63) is 29.8 Å². The van der Waals surface area contributed by atoms with E-state index in [1.54, 1.807) is 36.1 Å². The molecule has 1 aliphatic rings. The second-order valence-corrected chi connectivity index (χ2v) is 5.86. The van der Waals surface area contributed by atoms with Crippen molar-refractivity contribution >= 4 is 11.8 Å². The largest absolute Gasteiger partial charge is 0.491 e. The van der Waals surface area contributed by atoms with E-state index in [4.69, 9.17) is 15.2 Å². The number of carbonyl (C=O) groups is 2. The first-order valence-corrected chi connectivity index (χ1v) is 7.32. The molecule has 2 amide bonds. The van der Waals surface area contributed by atoms with Gasteiger partial charge in [-0.05, 0) is 45.0 Å². The third-order valence-electron chi connectivity index (χ3n) is 3.56. The maximum atomic E-state index is 12.5. The summed E-state index contributed by atoms with van der Waals surface area (Å²) in [7, 11) is 0. The molecule has 0 radical (unpaired) electrons. The third-order valence-corrected chi connectivity index (χ3v) is 3.56. The van der Waals surface area contributed by atoms with Crippen LogP contribution in [0.15, 0.2) is 24.3 Å². The summed E-state index contributed by atoms with van der Waals surface area (Å²) in [6.07, 6.45) is 0.0806. The number of benzene rings is 1. The molecule has 0 bridgehead atoms. The van der Waals surface area contributed by atoms with Crippen LogP contribution in [0.3, 0.4) is 0 Å². The van der Waals surface area contributed by atoms with Gasteiger partial charge in [0.2, 0.25) is 0 Å². The van der Waals surface area contributed by atoms with Crippen LogP contribution < -0.4 is 10.5 Å². The molecule has 0 unspecified atom stereocenters. The molecule has 1 saturated heterocycles. The zero-order valence-corrected chi connectivity index (χ0v) is 13.2. The standard InChI is InChI=1S/C16H22N2O4/c1-11(2)22-13-6-4-12(5-7-13)14(19)18-8-9-21-16(3,10-18)15(17)20/h4-7,11H,8-10H2,1-3H3,(H2,17,20)/t16-/m0/s1. The fourth-order valence-electron chi connectivity index (χ4n) is 2.32. The Hall–Kier alpha value is -2.08. The van der Waals surface area contributed by atoms with E-state index >= 15 is 0 Å². The predicted molar refractivity (Wildman–Crippen MR) is 81.7 cm³/mol. The lowest BCUT2D eigenvalue weighted by Gasteiger charge is -2.38. The Balaban J connectivity index is 2.09. The first-order chi connectivity index (χ1) is 10.3. The van der Waals surface area contributed by atoms with Crippen molar-refractivity contribution in [3.8, 4) is 5.75 Å². The molecular formula is C16H22N2O4. The molecule has 0 aromatic heterocycles. The Kier molecular flexibility index (Phi) is 4.71. The summed E-state index contributed by atoms with van der Waals surface area (Å²) in [6.45, 7) is 6.38. The minimum atomic E-state index is -1.13. The summed E-state index contributed by atoms with van der Waals surface area (Å²) in [5.74, 6) is 0.00746. The molecule has 1 fully saturated rings. The van der Waals surface area contributed by atoms with Gasteiger partial charge in [0.15, 0.2) is 5.60 Å². The van der Waals surface area contributed by atoms with Gasteiger partial charge in [-0.1, -0.05) is 0 Å². The number of nitrogens with zero attached hydrogens (tertiary/aromatic N) is 1. The van der Waals surface area contributed by atoms with Crippen LogP contribution in [0.25, 0.3) is 0 Å². The molecule has 120 valence electrons. The van der Waals surface area contributed by atoms with Crippen molar-refractivity contribution in [1.82, 2.24) is 4.90 Å². The van der Waals surface area contributed by atoms with Gasteiger partial charge in [0.1, 0.15) is 5.75 Å². The van der Waals surface area contributed by atoms with Gasteiger partial charge in [-0.25, -0.2) is 0 Å². The van der Waals surface area contributed by atoms with Crippen LogP contribution in [0.4, 0.5) is 0 Å². The van der Waals surface area contributed by atoms with E-state index in [-0.39, 0.29) is 18.6 Å². The molecule has 0 spiro atoms. The number of ether oxygens (including phenoxy) is 2. The van der Waals surface area contributed by atoms with Gasteiger partial charge in [-0.3, -0.25) is 9.59 Å². The molecule has 1 aliphatic heterocycles. The molecule has 1 atom stereocenters. The van der Waals surface area contributed by atoms with E-state index < -0.39 is 11.5 Å². The van der Waals surface area contributed by atoms with Gasteiger partial charge in [-0.2, -0.15) is 0 Å². The zero-order chi connectivity index (χ0) is 16.3. The molecular weight excluding hydrogens is 284 g/mol. The van der Waals surface area contributed by atoms with Gasteiger partial charge in [0, 0.05) is 12.1 Å². The van der Waals surface area contributed by atoms with Gasteiger partial charge in [0.25, 0.3) is 11.8 Å². The Labute approximate surface area is 130 Å². The van der Waals surface area contributed by atoms with E-state index in [0.717, 1.165) is 5.75 Å². The third kappa shape index (κ3) is 3.57. The molecule has 1 aromatic rings. The van der Waals surface area contributed by atoms with Crippen molar-refractivity contribution in [2.45, 2.75) is 32.5 Å². The molecule has 22 heavy (non-hydrogen) atoms. The van der Waals surface area contributed by atoms with Crippen LogP contribution >= 0.6 is 0 Å². The molecule has 2 rings (SSSR count). The average molecular weight is 306 g/mol. The van der Waals surface area contributed by atoms with E-state index in [1.807, 2.05) is 13.8 Å². The van der Waals surface area contributed by atoms with Gasteiger partial charge >= 0.3 is 0 Å². The number of hydrogen-bond acceptors (Lipinski definition) is 4. The first kappa shape index (κ1) is 16.3. The Bertz CT molecular complexity index is 556. The van der Waals surface area contributed by atoms with E-state index in [9.17, 15) is 9.59 Å². The topological polar surface area (TPSA) is 81.9 Å². The highest BCUT2D eigenvalue weighted by molar-refractivity contribution is 5.95. The summed E-state index contributed by atoms with van der Waals surface area (Å²) in [4.78, 5) is 25.6. The molecule has 0 saturated carbocycles. The number of hydrogen-bond donors (Lipinski definition) is 1. The second-order valence-electron chi connectivity index (χ2n) is 5.86. The second kappa shape index (κ2) is 6.36. The van der Waals surface area contributed by atoms with Crippen LogP contribution in [0.5, 0.6) is 5.75 Å². The highest BCUT2D eigenvalue weighted by Crippen LogP contribution is 2.20. The summed E-state index contributed by atoms with van der Waals surface area (Å²) < 4.78 is 11.0. The van der Waals surface area contributed by atoms with Gasteiger partial charge in [-0.15, -0.1) is 0 Å². The molecule has 1 heterocycles. The molecule has 6 heteroatoms. The number of primary amides is 1. The van der Waals surface area contributed by atoms with Crippen LogP contribution in [-0.4, -0.2) is 48.1 Å². The van der Waals surface area contributed by atoms with Crippen LogP contribution in [0, 0.1) is 0 Å². The minimum absolute atomic E-state index is 0.0806. The fourth-order valence-corrected chi connectivity index (χ4v) is 2.32. The average Bonchev–Trinajstić information content (AvgIpc) is 2.46. The fraction of sp³-hybridized carbons (Fsp3) is 0.500. The number of morpholine rings is 1. The number of rotatable bonds is 4. The van der Waals surface area contributed by atoms with Crippen molar-refractivity contribution in [2.24, 2.45) is 5.73 Å². The molecule has 2 N–H and O–H groups in total. The number of carbonyl (C=O) groups excluding carboxylic acids is 2. The minimum Gasteiger partial charge on any atom is -0.491 e. The Morgan fingerprint density at radius 3 is 2.50 bits per heavy atom. The monoisotopic (exact) mass is 306 g/mol. The Morgan fingerprint density at radius 1 is 1.32 bits per heavy atom. The smallest absolute Gasteiger partial charge is 0.254 e. The van der Waals surface area contributed by atoms with E-state index in [1.165, 1.54) is 0 Å². The van der Waals surface area contributed by atoms with Crippen molar-refractivity contribution in [2.75, 3.05) is 19.7 Å². The normalized spacial score (nSPS) is 21.7. The van der Waals surface area contributed by atoms with Gasteiger partial charge < -0.3 is 20.1 Å². The van der Waals surface area contributed by atoms with Crippen molar-refractivity contribution in [3.63, 3.8) is 0 Å². The number of nitrogens with two attached hydrogens (primary N) is 1. The van der Waals surface area contributed by atoms with Crippen LogP contribution in [-0.2, 0) is 9.53 Å². The van der Waals surface area contributed by atoms with Crippen LogP contribution in [0.2, 0.25) is 0 Å². The first-order valence-electron chi connectivity index (χ1n) is 7.32. The summed E-state index contributed by atoms with van der Waals surface area (Å²) >= 11 is 0. The maximum absolute atomic E-state index is 12.5. The van der Waals surface area contributed by atoms with Crippen molar-refractivity contribution < 1.29 is 19.1 Å². The predicted octanol–water partition coefficient (Wildman–Crippen LogP) is 1.19.